The largest absolute Gasteiger partial charge is 0.379 e. The molecule has 4 aromatic carbocycles. The molecule has 0 aliphatic carbocycles. The summed E-state index contributed by atoms with van der Waals surface area (Å²) in [7, 11) is 0. The maximum Gasteiger partial charge on any atom is 0.264 e. The van der Waals surface area contributed by atoms with Gasteiger partial charge in [-0.25, -0.2) is 0 Å². The number of piperidine rings is 1. The van der Waals surface area contributed by atoms with E-state index in [9.17, 15) is 24.0 Å². The van der Waals surface area contributed by atoms with Crippen molar-refractivity contribution in [2.24, 2.45) is 0 Å². The Morgan fingerprint density at radius 2 is 1.14 bits per heavy atom. The molecule has 0 radical (unpaired) electrons. The average molecular weight is 806 g/mol. The van der Waals surface area contributed by atoms with Crippen LogP contribution in [0, 0.1) is 0 Å². The number of hydrogen-bond acceptors (Lipinski definition) is 10. The Bertz CT molecular complexity index is 1910. The molecule has 13 heteroatoms. The molecule has 0 spiro atoms. The van der Waals surface area contributed by atoms with Gasteiger partial charge in [-0.1, -0.05) is 103 Å². The summed E-state index contributed by atoms with van der Waals surface area (Å²) in [6.45, 7) is 3.96. The number of imide groups is 2. The van der Waals surface area contributed by atoms with Gasteiger partial charge >= 0.3 is 0 Å². The van der Waals surface area contributed by atoms with Crippen LogP contribution < -0.4 is 10.6 Å². The molecule has 0 bridgehead atoms. The summed E-state index contributed by atoms with van der Waals surface area (Å²) >= 11 is 0. The number of nitrogens with one attached hydrogen (secondary N) is 2. The predicted octanol–water partition coefficient (Wildman–Crippen LogP) is 5.66. The predicted molar refractivity (Wildman–Crippen MR) is 219 cm³/mol. The van der Waals surface area contributed by atoms with Crippen LogP contribution in [0.25, 0.3) is 0 Å². The summed E-state index contributed by atoms with van der Waals surface area (Å²) in [5.41, 5.74) is 2.74. The van der Waals surface area contributed by atoms with Crippen molar-refractivity contribution in [1.82, 2.24) is 10.2 Å². The van der Waals surface area contributed by atoms with Gasteiger partial charge in [-0.2, -0.15) is 0 Å². The van der Waals surface area contributed by atoms with Crippen LogP contribution in [-0.4, -0.2) is 99.9 Å². The van der Waals surface area contributed by atoms with E-state index in [0.717, 1.165) is 34.4 Å². The van der Waals surface area contributed by atoms with Crippen LogP contribution in [0.15, 0.2) is 109 Å². The lowest BCUT2D eigenvalue weighted by Crippen LogP contribution is -2.54. The molecule has 4 aromatic rings. The van der Waals surface area contributed by atoms with Crippen molar-refractivity contribution in [3.05, 3.63) is 137 Å². The zero-order valence-electron chi connectivity index (χ0n) is 33.1. The summed E-state index contributed by atoms with van der Waals surface area (Å²) in [6.07, 6.45) is 2.45. The normalized spacial score (nSPS) is 15.3. The van der Waals surface area contributed by atoms with Gasteiger partial charge in [-0.15, -0.1) is 0 Å². The summed E-state index contributed by atoms with van der Waals surface area (Å²) in [5.74, 6) is -2.71. The van der Waals surface area contributed by atoms with Crippen molar-refractivity contribution < 1.29 is 47.7 Å². The Kier molecular flexibility index (Phi) is 16.0. The molecule has 1 atom stereocenters. The van der Waals surface area contributed by atoms with E-state index < -0.39 is 35.3 Å². The van der Waals surface area contributed by atoms with Crippen LogP contribution in [0.4, 0.5) is 5.69 Å². The third-order valence-electron chi connectivity index (χ3n) is 10.1. The summed E-state index contributed by atoms with van der Waals surface area (Å²) < 4.78 is 29.5. The van der Waals surface area contributed by atoms with Gasteiger partial charge < -0.3 is 29.0 Å². The number of hydrogen-bond donors (Lipinski definition) is 2. The molecule has 59 heavy (non-hydrogen) atoms. The lowest BCUT2D eigenvalue weighted by Gasteiger charge is -2.36. The molecule has 2 aliphatic rings. The summed E-state index contributed by atoms with van der Waals surface area (Å²) in [5, 5.41) is 4.92. The van der Waals surface area contributed by atoms with Gasteiger partial charge in [0.05, 0.1) is 69.7 Å². The fourth-order valence-electron chi connectivity index (χ4n) is 7.28. The molecule has 1 saturated heterocycles. The number of carbonyl (C=O) groups is 5. The van der Waals surface area contributed by atoms with Gasteiger partial charge in [0, 0.05) is 19.4 Å². The van der Waals surface area contributed by atoms with Crippen molar-refractivity contribution in [3.63, 3.8) is 0 Å². The molecule has 0 saturated carbocycles. The second kappa shape index (κ2) is 22.0. The van der Waals surface area contributed by atoms with E-state index in [-0.39, 0.29) is 42.0 Å². The van der Waals surface area contributed by atoms with Gasteiger partial charge in [0.1, 0.15) is 11.6 Å². The summed E-state index contributed by atoms with van der Waals surface area (Å²) in [6, 6.07) is 34.3. The molecule has 5 amide bonds. The topological polar surface area (TPSA) is 159 Å². The third kappa shape index (κ3) is 11.1. The Morgan fingerprint density at radius 3 is 1.68 bits per heavy atom. The first-order valence-corrected chi connectivity index (χ1v) is 20.2. The van der Waals surface area contributed by atoms with E-state index in [2.05, 4.69) is 47.0 Å². The minimum atomic E-state index is -1.07. The molecular formula is C46H51N3O10. The smallest absolute Gasteiger partial charge is 0.264 e. The molecule has 2 aliphatic heterocycles. The number of benzene rings is 4. The minimum Gasteiger partial charge on any atom is -0.379 e. The number of anilines is 1. The molecule has 6 rings (SSSR count). The van der Waals surface area contributed by atoms with Gasteiger partial charge in [-0.3, -0.25) is 34.2 Å². The van der Waals surface area contributed by atoms with Crippen LogP contribution in [0.2, 0.25) is 0 Å². The number of amides is 5. The fraction of sp³-hybridized carbons (Fsp3) is 0.370. The highest BCUT2D eigenvalue weighted by molar-refractivity contribution is 6.26. The van der Waals surface area contributed by atoms with Gasteiger partial charge in [0.2, 0.25) is 17.7 Å². The quantitative estimate of drug-likeness (QED) is 0.0514. The number of fused-ring (bicyclic) bond motifs is 1. The van der Waals surface area contributed by atoms with Crippen LogP contribution in [0.3, 0.4) is 0 Å². The van der Waals surface area contributed by atoms with E-state index in [0.29, 0.717) is 65.9 Å². The maximum absolute atomic E-state index is 13.2. The molecule has 13 nitrogen and oxygen atoms in total. The number of carbonyl (C=O) groups excluding carboxylic acids is 5. The Hall–Kier alpha value is -5.57. The first-order valence-electron chi connectivity index (χ1n) is 20.2. The maximum atomic E-state index is 13.2. The van der Waals surface area contributed by atoms with Gasteiger partial charge in [0.25, 0.3) is 11.8 Å². The van der Waals surface area contributed by atoms with Crippen molar-refractivity contribution in [1.29, 1.82) is 0 Å². The molecular weight excluding hydrogens is 755 g/mol. The van der Waals surface area contributed by atoms with E-state index in [1.807, 2.05) is 54.6 Å². The molecule has 1 fully saturated rings. The zero-order chi connectivity index (χ0) is 41.3. The second-order valence-corrected chi connectivity index (χ2v) is 14.1. The molecule has 2 heterocycles. The van der Waals surface area contributed by atoms with Gasteiger partial charge in [0.15, 0.2) is 0 Å². The number of ether oxygens (including phenoxy) is 5. The number of rotatable bonds is 24. The Morgan fingerprint density at radius 1 is 0.610 bits per heavy atom. The van der Waals surface area contributed by atoms with E-state index in [1.165, 1.54) is 6.07 Å². The molecule has 2 N–H and O–H groups in total. The standard InChI is InChI=1S/C46H51N3O10/c50-40(47-38-21-13-20-37-42(38)45(54)49(44(37)53)39-23-24-41(51)48-43(39)52)22-11-4-12-25-55-26-27-56-28-29-57-30-31-58-32-33-59-46(34-14-5-1-6-15-34,35-16-7-2-8-17-35)36-18-9-3-10-19-36/h1-3,5-10,13-21,39H,4,11-12,22-33H2,(H,47,50)(H,48,51,52). The Labute approximate surface area is 344 Å². The molecule has 1 unspecified atom stereocenters. The zero-order valence-corrected chi connectivity index (χ0v) is 33.1. The summed E-state index contributed by atoms with van der Waals surface area (Å²) in [4.78, 5) is 63.8. The lowest BCUT2D eigenvalue weighted by molar-refractivity contribution is -0.136. The van der Waals surface area contributed by atoms with E-state index >= 15 is 0 Å². The van der Waals surface area contributed by atoms with Crippen molar-refractivity contribution in [2.45, 2.75) is 50.2 Å². The van der Waals surface area contributed by atoms with E-state index in [1.54, 1.807) is 12.1 Å². The minimum absolute atomic E-state index is 0.0289. The average Bonchev–Trinajstić information content (AvgIpc) is 3.51. The van der Waals surface area contributed by atoms with Gasteiger partial charge in [-0.05, 0) is 48.1 Å². The second-order valence-electron chi connectivity index (χ2n) is 14.1. The Balaban J connectivity index is 0.784. The molecule has 0 aromatic heterocycles. The SMILES string of the molecule is O=C1CCC(N2C(=O)c3cccc(NC(=O)CCCCCOCCOCCOCCOCCOC(c4ccccc4)(c4ccccc4)c4ccccc4)c3C2=O)C(=O)N1. The number of nitrogens with zero attached hydrogens (tertiary/aromatic N) is 1. The molecule has 310 valence electrons. The third-order valence-corrected chi connectivity index (χ3v) is 10.1. The van der Waals surface area contributed by atoms with Crippen LogP contribution in [0.1, 0.15) is 75.9 Å². The lowest BCUT2D eigenvalue weighted by atomic mass is 9.80. The van der Waals surface area contributed by atoms with Crippen LogP contribution in [0.5, 0.6) is 0 Å². The highest BCUT2D eigenvalue weighted by Gasteiger charge is 2.45. The number of unbranched alkanes of at least 4 members (excludes halogenated alkanes) is 2. The first-order chi connectivity index (χ1) is 28.9. The fourth-order valence-corrected chi connectivity index (χ4v) is 7.28. The first kappa shape index (κ1) is 43.0. The van der Waals surface area contributed by atoms with Crippen molar-refractivity contribution in [3.8, 4) is 0 Å². The highest BCUT2D eigenvalue weighted by Crippen LogP contribution is 2.40. The van der Waals surface area contributed by atoms with E-state index in [4.69, 9.17) is 23.7 Å². The monoisotopic (exact) mass is 805 g/mol. The van der Waals surface area contributed by atoms with Crippen molar-refractivity contribution >= 4 is 35.2 Å². The van der Waals surface area contributed by atoms with Crippen molar-refractivity contribution in [2.75, 3.05) is 64.8 Å². The van der Waals surface area contributed by atoms with Crippen LogP contribution in [-0.2, 0) is 43.7 Å². The highest BCUT2D eigenvalue weighted by atomic mass is 16.6. The van der Waals surface area contributed by atoms with Crippen LogP contribution >= 0.6 is 0 Å².